The van der Waals surface area contributed by atoms with Crippen molar-refractivity contribution in [2.45, 2.75) is 26.3 Å². The van der Waals surface area contributed by atoms with Crippen molar-refractivity contribution in [2.75, 3.05) is 13.2 Å². The van der Waals surface area contributed by atoms with Gasteiger partial charge in [-0.05, 0) is 48.0 Å². The van der Waals surface area contributed by atoms with Gasteiger partial charge in [0.1, 0.15) is 10.1 Å². The van der Waals surface area contributed by atoms with E-state index in [1.807, 2.05) is 25.1 Å². The first-order chi connectivity index (χ1) is 10.2. The van der Waals surface area contributed by atoms with Crippen LogP contribution in [0, 0.1) is 0 Å². The maximum atomic E-state index is 6.21. The molecular formula is C16H19BrClNOS. The number of halogens is 2. The first-order valence-corrected chi connectivity index (χ1v) is 9.05. The second kappa shape index (κ2) is 8.18. The van der Waals surface area contributed by atoms with Crippen LogP contribution in [0.3, 0.4) is 0 Å². The zero-order chi connectivity index (χ0) is 15.2. The Balaban J connectivity index is 2.40. The fourth-order valence-corrected chi connectivity index (χ4v) is 4.00. The molecule has 0 saturated carbocycles. The Kier molecular flexibility index (Phi) is 6.55. The fourth-order valence-electron chi connectivity index (χ4n) is 2.16. The molecule has 0 aliphatic heterocycles. The van der Waals surface area contributed by atoms with Crippen LogP contribution < -0.4 is 10.1 Å². The summed E-state index contributed by atoms with van der Waals surface area (Å²) in [5.74, 6) is 0.925. The van der Waals surface area contributed by atoms with Crippen LogP contribution in [0.15, 0.2) is 34.8 Å². The Bertz CT molecular complexity index is 568. The van der Waals surface area contributed by atoms with Gasteiger partial charge in [0.25, 0.3) is 0 Å². The number of rotatable bonds is 7. The maximum Gasteiger partial charge on any atom is 0.124 e. The van der Waals surface area contributed by atoms with E-state index in [9.17, 15) is 0 Å². The number of nitrogens with one attached hydrogen (secondary N) is 1. The van der Waals surface area contributed by atoms with Crippen LogP contribution in [0.25, 0.3) is 0 Å². The van der Waals surface area contributed by atoms with E-state index in [1.165, 1.54) is 4.88 Å². The van der Waals surface area contributed by atoms with Gasteiger partial charge >= 0.3 is 0 Å². The lowest BCUT2D eigenvalue weighted by atomic mass is 10.0. The predicted octanol–water partition coefficient (Wildman–Crippen LogP) is 5.65. The monoisotopic (exact) mass is 387 g/mol. The van der Waals surface area contributed by atoms with Crippen LogP contribution in [0.5, 0.6) is 5.75 Å². The number of thiophene rings is 1. The Morgan fingerprint density at radius 3 is 2.71 bits per heavy atom. The van der Waals surface area contributed by atoms with E-state index in [0.29, 0.717) is 6.61 Å². The van der Waals surface area contributed by atoms with Gasteiger partial charge in [0, 0.05) is 14.9 Å². The van der Waals surface area contributed by atoms with Gasteiger partial charge in [0.15, 0.2) is 0 Å². The van der Waals surface area contributed by atoms with Crippen LogP contribution in [0.2, 0.25) is 4.34 Å². The Morgan fingerprint density at radius 2 is 2.10 bits per heavy atom. The number of hydrogen-bond acceptors (Lipinski definition) is 3. The van der Waals surface area contributed by atoms with Gasteiger partial charge in [-0.1, -0.05) is 36.7 Å². The Labute approximate surface area is 143 Å². The van der Waals surface area contributed by atoms with Crippen molar-refractivity contribution in [3.63, 3.8) is 0 Å². The second-order valence-corrected chi connectivity index (χ2v) is 7.17. The third-order valence-corrected chi connectivity index (χ3v) is 5.62. The molecule has 1 atom stereocenters. The molecule has 21 heavy (non-hydrogen) atoms. The highest BCUT2D eigenvalue weighted by atomic mass is 79.9. The average Bonchev–Trinajstić information content (AvgIpc) is 2.81. The molecule has 2 rings (SSSR count). The molecule has 2 aromatic rings. The van der Waals surface area contributed by atoms with Gasteiger partial charge in [-0.15, -0.1) is 11.3 Å². The zero-order valence-electron chi connectivity index (χ0n) is 12.2. The molecule has 0 saturated heterocycles. The molecule has 114 valence electrons. The third-order valence-electron chi connectivity index (χ3n) is 3.08. The lowest BCUT2D eigenvalue weighted by Crippen LogP contribution is -2.23. The summed E-state index contributed by atoms with van der Waals surface area (Å²) in [5, 5.41) is 3.59. The molecule has 0 aliphatic carbocycles. The molecule has 0 radical (unpaired) electrons. The Morgan fingerprint density at radius 1 is 1.33 bits per heavy atom. The van der Waals surface area contributed by atoms with Crippen molar-refractivity contribution in [1.29, 1.82) is 0 Å². The van der Waals surface area contributed by atoms with Crippen LogP contribution in [-0.2, 0) is 0 Å². The van der Waals surface area contributed by atoms with Crippen LogP contribution in [-0.4, -0.2) is 13.2 Å². The second-order valence-electron chi connectivity index (χ2n) is 4.63. The van der Waals surface area contributed by atoms with Gasteiger partial charge in [0.05, 0.1) is 12.6 Å². The van der Waals surface area contributed by atoms with Crippen molar-refractivity contribution < 1.29 is 4.74 Å². The highest BCUT2D eigenvalue weighted by molar-refractivity contribution is 9.10. The minimum absolute atomic E-state index is 0.0986. The molecule has 0 aliphatic rings. The lowest BCUT2D eigenvalue weighted by molar-refractivity contribution is 0.333. The van der Waals surface area contributed by atoms with E-state index in [4.69, 9.17) is 16.3 Å². The molecule has 0 amide bonds. The van der Waals surface area contributed by atoms with E-state index < -0.39 is 0 Å². The molecular weight excluding hydrogens is 370 g/mol. The summed E-state index contributed by atoms with van der Waals surface area (Å²) in [6, 6.07) is 10.4. The molecule has 5 heteroatoms. The van der Waals surface area contributed by atoms with Crippen LogP contribution in [0.4, 0.5) is 0 Å². The van der Waals surface area contributed by atoms with Crippen molar-refractivity contribution >= 4 is 38.9 Å². The van der Waals surface area contributed by atoms with Crippen LogP contribution >= 0.6 is 38.9 Å². The molecule has 1 aromatic heterocycles. The first kappa shape index (κ1) is 16.8. The smallest absolute Gasteiger partial charge is 0.124 e. The lowest BCUT2D eigenvalue weighted by Gasteiger charge is -2.20. The van der Waals surface area contributed by atoms with E-state index in [0.717, 1.165) is 33.1 Å². The summed E-state index contributed by atoms with van der Waals surface area (Å²) in [5.41, 5.74) is 1.15. The predicted molar refractivity (Wildman–Crippen MR) is 94.8 cm³/mol. The van der Waals surface area contributed by atoms with E-state index in [-0.39, 0.29) is 6.04 Å². The largest absolute Gasteiger partial charge is 0.494 e. The van der Waals surface area contributed by atoms with Gasteiger partial charge < -0.3 is 10.1 Å². The van der Waals surface area contributed by atoms with Gasteiger partial charge in [-0.25, -0.2) is 0 Å². The van der Waals surface area contributed by atoms with Crippen molar-refractivity contribution in [3.05, 3.63) is 49.6 Å². The molecule has 1 heterocycles. The molecule has 1 aromatic carbocycles. The van der Waals surface area contributed by atoms with Gasteiger partial charge in [0.2, 0.25) is 0 Å². The number of benzene rings is 1. The average molecular weight is 389 g/mol. The summed E-state index contributed by atoms with van der Waals surface area (Å²) in [4.78, 5) is 1.19. The van der Waals surface area contributed by atoms with Crippen LogP contribution in [0.1, 0.15) is 36.8 Å². The highest BCUT2D eigenvalue weighted by Gasteiger charge is 2.20. The SMILES string of the molecule is CCCNC(c1cc(Br)c(Cl)s1)c1ccccc1OCC. The van der Waals surface area contributed by atoms with Gasteiger partial charge in [-0.3, -0.25) is 0 Å². The van der Waals surface area contributed by atoms with Crippen molar-refractivity contribution in [2.24, 2.45) is 0 Å². The Hall–Kier alpha value is -0.550. The van der Waals surface area contributed by atoms with E-state index in [1.54, 1.807) is 11.3 Å². The molecule has 1 N–H and O–H groups in total. The summed E-state index contributed by atoms with van der Waals surface area (Å²) < 4.78 is 7.50. The summed E-state index contributed by atoms with van der Waals surface area (Å²) in [6.07, 6.45) is 1.08. The first-order valence-electron chi connectivity index (χ1n) is 7.07. The van der Waals surface area contributed by atoms with Crippen molar-refractivity contribution in [1.82, 2.24) is 5.32 Å². The number of ether oxygens (including phenoxy) is 1. The van der Waals surface area contributed by atoms with E-state index in [2.05, 4.69) is 40.3 Å². The summed E-state index contributed by atoms with van der Waals surface area (Å²) >= 11 is 11.3. The minimum atomic E-state index is 0.0986. The van der Waals surface area contributed by atoms with Gasteiger partial charge in [-0.2, -0.15) is 0 Å². The normalized spacial score (nSPS) is 12.4. The van der Waals surface area contributed by atoms with E-state index >= 15 is 0 Å². The quantitative estimate of drug-likeness (QED) is 0.661. The van der Waals surface area contributed by atoms with Crippen molar-refractivity contribution in [3.8, 4) is 5.75 Å². The molecule has 0 bridgehead atoms. The zero-order valence-corrected chi connectivity index (χ0v) is 15.3. The molecule has 2 nitrogen and oxygen atoms in total. The summed E-state index contributed by atoms with van der Waals surface area (Å²) in [6.45, 7) is 5.77. The summed E-state index contributed by atoms with van der Waals surface area (Å²) in [7, 11) is 0. The fraction of sp³-hybridized carbons (Fsp3) is 0.375. The number of para-hydroxylation sites is 1. The minimum Gasteiger partial charge on any atom is -0.494 e. The number of hydrogen-bond donors (Lipinski definition) is 1. The topological polar surface area (TPSA) is 21.3 Å². The molecule has 0 fully saturated rings. The molecule has 1 unspecified atom stereocenters. The highest BCUT2D eigenvalue weighted by Crippen LogP contribution is 2.39. The standard InChI is InChI=1S/C16H19BrClNOS/c1-3-9-19-15(14-10-12(17)16(18)21-14)11-7-5-6-8-13(11)20-4-2/h5-8,10,15,19H,3-4,9H2,1-2H3. The molecule has 0 spiro atoms. The maximum absolute atomic E-state index is 6.21. The third kappa shape index (κ3) is 4.22.